The van der Waals surface area contributed by atoms with Gasteiger partial charge < -0.3 is 9.13 Å². The molecule has 0 aliphatic carbocycles. The van der Waals surface area contributed by atoms with Gasteiger partial charge in [0.25, 0.3) is 0 Å². The summed E-state index contributed by atoms with van der Waals surface area (Å²) in [6, 6.07) is 0. The Labute approximate surface area is 92.8 Å². The molecule has 2 heterocycles. The molecule has 0 unspecified atom stereocenters. The summed E-state index contributed by atoms with van der Waals surface area (Å²) in [4.78, 5) is 2.71. The lowest BCUT2D eigenvalue weighted by Gasteiger charge is -1.97. The van der Waals surface area contributed by atoms with Crippen LogP contribution in [0, 0.1) is 11.7 Å². The van der Waals surface area contributed by atoms with Gasteiger partial charge in [0.2, 0.25) is 0 Å². The molecule has 0 amide bonds. The van der Waals surface area contributed by atoms with Crippen LogP contribution in [0.1, 0.15) is 17.4 Å². The number of hydrogen-bond acceptors (Lipinski definition) is 2. The second-order valence-electron chi connectivity index (χ2n) is 3.54. The van der Waals surface area contributed by atoms with Crippen molar-refractivity contribution in [2.45, 2.75) is 20.3 Å². The van der Waals surface area contributed by atoms with E-state index in [9.17, 15) is 0 Å². The van der Waals surface area contributed by atoms with Gasteiger partial charge in [-0.2, -0.15) is 0 Å². The fraction of sp³-hybridized carbons (Fsp3) is 0.500. The molecule has 4 heteroatoms. The monoisotopic (exact) mass is 226 g/mol. The second kappa shape index (κ2) is 3.21. The Morgan fingerprint density at radius 3 is 2.50 bits per heavy atom. The Balaban J connectivity index is 3.01. The van der Waals surface area contributed by atoms with E-state index in [2.05, 4.69) is 30.0 Å². The molecule has 0 atom stereocenters. The number of thiophene rings is 1. The summed E-state index contributed by atoms with van der Waals surface area (Å²) in [5.74, 6) is 0. The predicted octanol–water partition coefficient (Wildman–Crippen LogP) is 3.18. The van der Waals surface area contributed by atoms with E-state index in [0.29, 0.717) is 0 Å². The number of aryl methyl sites for hydroxylation is 4. The van der Waals surface area contributed by atoms with Gasteiger partial charge in [-0.25, -0.2) is 0 Å². The van der Waals surface area contributed by atoms with Crippen LogP contribution in [0.15, 0.2) is 0 Å². The molecule has 0 N–H and O–H groups in total. The average molecular weight is 226 g/mol. The molecule has 0 bridgehead atoms. The zero-order valence-corrected chi connectivity index (χ0v) is 10.6. The molecule has 2 aromatic heterocycles. The first kappa shape index (κ1) is 9.93. The van der Waals surface area contributed by atoms with Crippen molar-refractivity contribution in [3.8, 4) is 0 Å². The van der Waals surface area contributed by atoms with Crippen LogP contribution >= 0.6 is 23.6 Å². The van der Waals surface area contributed by atoms with Crippen molar-refractivity contribution in [3.63, 3.8) is 0 Å². The fourth-order valence-electron chi connectivity index (χ4n) is 1.95. The maximum absolute atomic E-state index is 5.33. The zero-order valence-electron chi connectivity index (χ0n) is 8.92. The molecule has 0 fully saturated rings. The first-order valence-electron chi connectivity index (χ1n) is 4.71. The lowest BCUT2D eigenvalue weighted by Crippen LogP contribution is -1.93. The zero-order chi connectivity index (χ0) is 10.5. The van der Waals surface area contributed by atoms with Gasteiger partial charge in [0.1, 0.15) is 4.83 Å². The molecule has 2 aromatic rings. The number of aromatic nitrogens is 2. The van der Waals surface area contributed by atoms with Crippen LogP contribution in [0.5, 0.6) is 0 Å². The molecule has 76 valence electrons. The number of fused-ring (bicyclic) bond motifs is 1. The Kier molecular flexibility index (Phi) is 2.27. The minimum Gasteiger partial charge on any atom is -0.319 e. The number of nitrogens with zero attached hydrogens (tertiary/aromatic N) is 2. The third-order valence-corrected chi connectivity index (χ3v) is 4.49. The SMILES string of the molecule is CCc1c(C)sc2c1n(C)c(=S)n2C. The third kappa shape index (κ3) is 1.10. The predicted molar refractivity (Wildman–Crippen MR) is 64.7 cm³/mol. The van der Waals surface area contributed by atoms with E-state index in [4.69, 9.17) is 12.2 Å². The van der Waals surface area contributed by atoms with E-state index >= 15 is 0 Å². The maximum atomic E-state index is 5.33. The molecular formula is C10H14N2S2. The Bertz CT molecular complexity index is 542. The van der Waals surface area contributed by atoms with Gasteiger partial charge >= 0.3 is 0 Å². The van der Waals surface area contributed by atoms with Crippen molar-refractivity contribution in [3.05, 3.63) is 15.2 Å². The van der Waals surface area contributed by atoms with E-state index in [-0.39, 0.29) is 0 Å². The van der Waals surface area contributed by atoms with Crippen LogP contribution in [0.4, 0.5) is 0 Å². The van der Waals surface area contributed by atoms with Crippen molar-refractivity contribution in [2.24, 2.45) is 14.1 Å². The van der Waals surface area contributed by atoms with Crippen molar-refractivity contribution in [1.82, 2.24) is 9.13 Å². The van der Waals surface area contributed by atoms with E-state index in [1.165, 1.54) is 20.8 Å². The molecule has 14 heavy (non-hydrogen) atoms. The molecule has 0 aromatic carbocycles. The van der Waals surface area contributed by atoms with Crippen LogP contribution in [0.2, 0.25) is 0 Å². The maximum Gasteiger partial charge on any atom is 0.180 e. The van der Waals surface area contributed by atoms with E-state index in [1.807, 2.05) is 18.4 Å². The summed E-state index contributed by atoms with van der Waals surface area (Å²) >= 11 is 7.17. The van der Waals surface area contributed by atoms with Gasteiger partial charge in [0, 0.05) is 19.0 Å². The molecule has 0 spiro atoms. The lowest BCUT2D eigenvalue weighted by molar-refractivity contribution is 0.832. The second-order valence-corrected chi connectivity index (χ2v) is 5.11. The first-order valence-corrected chi connectivity index (χ1v) is 5.94. The highest BCUT2D eigenvalue weighted by atomic mass is 32.1. The topological polar surface area (TPSA) is 9.86 Å². The summed E-state index contributed by atoms with van der Waals surface area (Å²) in [5.41, 5.74) is 2.77. The van der Waals surface area contributed by atoms with E-state index < -0.39 is 0 Å². The number of rotatable bonds is 1. The van der Waals surface area contributed by atoms with Crippen molar-refractivity contribution in [2.75, 3.05) is 0 Å². The van der Waals surface area contributed by atoms with Gasteiger partial charge in [-0.05, 0) is 31.1 Å². The molecule has 0 saturated carbocycles. The third-order valence-electron chi connectivity index (χ3n) is 2.73. The quantitative estimate of drug-likeness (QED) is 0.679. The van der Waals surface area contributed by atoms with E-state index in [0.717, 1.165) is 11.2 Å². The van der Waals surface area contributed by atoms with Crippen molar-refractivity contribution < 1.29 is 0 Å². The van der Waals surface area contributed by atoms with Gasteiger partial charge in [0.05, 0.1) is 5.52 Å². The Morgan fingerprint density at radius 2 is 1.93 bits per heavy atom. The van der Waals surface area contributed by atoms with Crippen LogP contribution in [-0.4, -0.2) is 9.13 Å². The van der Waals surface area contributed by atoms with Gasteiger partial charge in [0.15, 0.2) is 4.77 Å². The Hall–Kier alpha value is -0.610. The summed E-state index contributed by atoms with van der Waals surface area (Å²) in [5, 5.41) is 0. The molecule has 0 aliphatic heterocycles. The number of imidazole rings is 1. The number of hydrogen-bond donors (Lipinski definition) is 0. The summed E-state index contributed by atoms with van der Waals surface area (Å²) in [6.07, 6.45) is 1.08. The largest absolute Gasteiger partial charge is 0.319 e. The van der Waals surface area contributed by atoms with Gasteiger partial charge in [-0.1, -0.05) is 6.92 Å². The standard InChI is InChI=1S/C10H14N2S2/c1-5-7-6(2)14-9-8(7)11(3)10(13)12(9)4/h5H2,1-4H3. The van der Waals surface area contributed by atoms with Crippen LogP contribution in [-0.2, 0) is 20.5 Å². The van der Waals surface area contributed by atoms with E-state index in [1.54, 1.807) is 0 Å². The average Bonchev–Trinajstić information content (AvgIpc) is 2.59. The summed E-state index contributed by atoms with van der Waals surface area (Å²) in [6.45, 7) is 4.39. The molecule has 2 rings (SSSR count). The minimum atomic E-state index is 0.904. The summed E-state index contributed by atoms with van der Waals surface area (Å²) in [7, 11) is 4.09. The highest BCUT2D eigenvalue weighted by Gasteiger charge is 2.14. The Morgan fingerprint density at radius 1 is 1.29 bits per heavy atom. The van der Waals surface area contributed by atoms with Gasteiger partial charge in [-0.15, -0.1) is 11.3 Å². The van der Waals surface area contributed by atoms with Crippen LogP contribution in [0.25, 0.3) is 10.3 Å². The van der Waals surface area contributed by atoms with Gasteiger partial charge in [-0.3, -0.25) is 0 Å². The molecule has 0 radical (unpaired) electrons. The molecule has 0 saturated heterocycles. The molecular weight excluding hydrogens is 212 g/mol. The molecule has 0 aliphatic rings. The lowest BCUT2D eigenvalue weighted by atomic mass is 10.2. The first-order chi connectivity index (χ1) is 6.57. The van der Waals surface area contributed by atoms with Crippen molar-refractivity contribution in [1.29, 1.82) is 0 Å². The highest BCUT2D eigenvalue weighted by molar-refractivity contribution is 7.71. The minimum absolute atomic E-state index is 0.904. The molecule has 2 nitrogen and oxygen atoms in total. The highest BCUT2D eigenvalue weighted by Crippen LogP contribution is 2.31. The summed E-state index contributed by atoms with van der Waals surface area (Å²) < 4.78 is 5.12. The smallest absolute Gasteiger partial charge is 0.180 e. The normalized spacial score (nSPS) is 11.4. The fourth-order valence-corrected chi connectivity index (χ4v) is 3.42. The van der Waals surface area contributed by atoms with Crippen LogP contribution in [0.3, 0.4) is 0 Å². The van der Waals surface area contributed by atoms with Crippen molar-refractivity contribution >= 4 is 33.9 Å². The van der Waals surface area contributed by atoms with Crippen LogP contribution < -0.4 is 0 Å².